The van der Waals surface area contributed by atoms with Crippen LogP contribution in [0.1, 0.15) is 23.8 Å². The maximum Gasteiger partial charge on any atom is 0.453 e. The van der Waals surface area contributed by atoms with E-state index in [2.05, 4.69) is 0 Å². The molecule has 0 atom stereocenters. The van der Waals surface area contributed by atoms with E-state index in [-0.39, 0.29) is 42.4 Å². The quantitative estimate of drug-likeness (QED) is 0.267. The van der Waals surface area contributed by atoms with Gasteiger partial charge in [-0.3, -0.25) is 9.69 Å². The van der Waals surface area contributed by atoms with Gasteiger partial charge < -0.3 is 18.6 Å². The Morgan fingerprint density at radius 2 is 1.76 bits per heavy atom. The van der Waals surface area contributed by atoms with Crippen molar-refractivity contribution in [3.05, 3.63) is 92.8 Å². The predicted molar refractivity (Wildman–Crippen MR) is 131 cm³/mol. The Hall–Kier alpha value is -3.69. The number of fused-ring (bicyclic) bond motifs is 3. The number of nitrogens with zero attached hydrogens (tertiary/aromatic N) is 1. The monoisotopic (exact) mass is 531 g/mol. The summed E-state index contributed by atoms with van der Waals surface area (Å²) in [5.74, 6) is -1.99. The summed E-state index contributed by atoms with van der Waals surface area (Å²) < 4.78 is 64.6. The van der Waals surface area contributed by atoms with Crippen molar-refractivity contribution in [2.75, 3.05) is 13.3 Å². The molecule has 0 saturated carbocycles. The second-order valence-corrected chi connectivity index (χ2v) is 8.75. The Bertz CT molecular complexity index is 1520. The standard InChI is InChI=1S/C27H21ClF3NO5/c1-2-34-21-9-5-6-10-22(21)36-25-23(33)17-11-12-20-18(24(17)37-26(25)27(29,30)31)14-32(15-35-20)13-16-7-3-4-8-19(16)28/h3-12H,2,13-15H2,1H3. The lowest BCUT2D eigenvalue weighted by Gasteiger charge is -2.29. The number of hydrogen-bond acceptors (Lipinski definition) is 6. The van der Waals surface area contributed by atoms with Gasteiger partial charge in [-0.05, 0) is 42.8 Å². The minimum absolute atomic E-state index is 0.0336. The molecule has 0 unspecified atom stereocenters. The molecule has 0 bridgehead atoms. The lowest BCUT2D eigenvalue weighted by atomic mass is 10.1. The molecule has 1 aliphatic rings. The molecule has 1 aromatic heterocycles. The van der Waals surface area contributed by atoms with Crippen molar-refractivity contribution in [3.8, 4) is 23.0 Å². The van der Waals surface area contributed by atoms with Crippen LogP contribution in [0.3, 0.4) is 0 Å². The molecule has 0 aliphatic carbocycles. The van der Waals surface area contributed by atoms with Crippen LogP contribution >= 0.6 is 11.6 Å². The van der Waals surface area contributed by atoms with Gasteiger partial charge in [0.2, 0.25) is 11.2 Å². The first-order chi connectivity index (χ1) is 17.8. The van der Waals surface area contributed by atoms with Gasteiger partial charge in [-0.2, -0.15) is 13.2 Å². The van der Waals surface area contributed by atoms with Gasteiger partial charge >= 0.3 is 6.18 Å². The van der Waals surface area contributed by atoms with Gasteiger partial charge in [0.05, 0.1) is 17.6 Å². The van der Waals surface area contributed by atoms with E-state index in [1.54, 1.807) is 37.3 Å². The average Bonchev–Trinajstić information content (AvgIpc) is 2.87. The summed E-state index contributed by atoms with van der Waals surface area (Å²) in [5, 5.41) is 0.505. The van der Waals surface area contributed by atoms with Crippen molar-refractivity contribution >= 4 is 22.6 Å². The van der Waals surface area contributed by atoms with Crippen LogP contribution in [0, 0.1) is 0 Å². The summed E-state index contributed by atoms with van der Waals surface area (Å²) in [7, 11) is 0. The minimum atomic E-state index is -5.00. The van der Waals surface area contributed by atoms with Crippen molar-refractivity contribution in [2.45, 2.75) is 26.2 Å². The first kappa shape index (κ1) is 25.0. The zero-order valence-corrected chi connectivity index (χ0v) is 20.4. The molecule has 10 heteroatoms. The van der Waals surface area contributed by atoms with Crippen LogP contribution in [-0.4, -0.2) is 18.2 Å². The molecule has 2 heterocycles. The molecule has 37 heavy (non-hydrogen) atoms. The van der Waals surface area contributed by atoms with Crippen molar-refractivity contribution in [1.82, 2.24) is 4.90 Å². The zero-order valence-electron chi connectivity index (χ0n) is 19.6. The Morgan fingerprint density at radius 3 is 2.49 bits per heavy atom. The smallest absolute Gasteiger partial charge is 0.453 e. The predicted octanol–water partition coefficient (Wildman–Crippen LogP) is 7.01. The molecule has 1 aliphatic heterocycles. The molecule has 0 amide bonds. The third-order valence-corrected chi connectivity index (χ3v) is 6.20. The Labute approximate surface area is 214 Å². The van der Waals surface area contributed by atoms with Gasteiger partial charge in [-0.1, -0.05) is 41.9 Å². The Morgan fingerprint density at radius 1 is 1.03 bits per heavy atom. The number of hydrogen-bond donors (Lipinski definition) is 0. The second-order valence-electron chi connectivity index (χ2n) is 8.34. The molecular formula is C27H21ClF3NO5. The van der Waals surface area contributed by atoms with Crippen molar-refractivity contribution in [2.24, 2.45) is 0 Å². The van der Waals surface area contributed by atoms with Crippen LogP contribution in [0.25, 0.3) is 11.0 Å². The summed E-state index contributed by atoms with van der Waals surface area (Å²) in [5.41, 5.74) is 0.00670. The number of ether oxygens (including phenoxy) is 3. The molecule has 0 N–H and O–H groups in total. The molecule has 0 spiro atoms. The van der Waals surface area contributed by atoms with E-state index in [0.29, 0.717) is 22.9 Å². The van der Waals surface area contributed by atoms with Gasteiger partial charge in [0.25, 0.3) is 5.76 Å². The molecule has 0 saturated heterocycles. The highest BCUT2D eigenvalue weighted by Gasteiger charge is 2.41. The van der Waals surface area contributed by atoms with E-state index < -0.39 is 23.1 Å². The number of halogens is 4. The van der Waals surface area contributed by atoms with Crippen LogP contribution in [0.4, 0.5) is 13.2 Å². The maximum absolute atomic E-state index is 14.1. The second kappa shape index (κ2) is 9.99. The van der Waals surface area contributed by atoms with Gasteiger partial charge in [0.15, 0.2) is 11.5 Å². The fraction of sp³-hybridized carbons (Fsp3) is 0.222. The SMILES string of the molecule is CCOc1ccccc1Oc1c(C(F)(F)F)oc2c3c(ccc2c1=O)OCN(Cc1ccccc1Cl)C3. The summed E-state index contributed by atoms with van der Waals surface area (Å²) in [6.07, 6.45) is -5.00. The van der Waals surface area contributed by atoms with E-state index in [1.165, 1.54) is 18.2 Å². The van der Waals surface area contributed by atoms with Gasteiger partial charge in [-0.15, -0.1) is 0 Å². The molecule has 3 aromatic carbocycles. The van der Waals surface area contributed by atoms with Crippen LogP contribution in [-0.2, 0) is 19.3 Å². The molecule has 192 valence electrons. The summed E-state index contributed by atoms with van der Waals surface area (Å²) in [6.45, 7) is 2.75. The van der Waals surface area contributed by atoms with Gasteiger partial charge in [0, 0.05) is 18.1 Å². The highest BCUT2D eigenvalue weighted by atomic mass is 35.5. The minimum Gasteiger partial charge on any atom is -0.490 e. The van der Waals surface area contributed by atoms with Crippen LogP contribution in [0.5, 0.6) is 23.0 Å². The molecular weight excluding hydrogens is 511 g/mol. The number of rotatable bonds is 6. The van der Waals surface area contributed by atoms with E-state index in [4.69, 9.17) is 30.2 Å². The van der Waals surface area contributed by atoms with Crippen LogP contribution in [0.2, 0.25) is 5.02 Å². The largest absolute Gasteiger partial charge is 0.490 e. The lowest BCUT2D eigenvalue weighted by Crippen LogP contribution is -2.32. The number of alkyl halides is 3. The highest BCUT2D eigenvalue weighted by molar-refractivity contribution is 6.31. The number of benzene rings is 3. The molecule has 0 fully saturated rings. The molecule has 6 nitrogen and oxygen atoms in total. The first-order valence-corrected chi connectivity index (χ1v) is 11.8. The summed E-state index contributed by atoms with van der Waals surface area (Å²) in [6, 6.07) is 16.4. The number of para-hydroxylation sites is 2. The lowest BCUT2D eigenvalue weighted by molar-refractivity contribution is -0.154. The fourth-order valence-corrected chi connectivity index (χ4v) is 4.36. The molecule has 5 rings (SSSR count). The van der Waals surface area contributed by atoms with E-state index in [9.17, 15) is 18.0 Å². The van der Waals surface area contributed by atoms with Crippen LogP contribution < -0.4 is 19.6 Å². The van der Waals surface area contributed by atoms with Crippen molar-refractivity contribution < 1.29 is 31.8 Å². The van der Waals surface area contributed by atoms with Gasteiger partial charge in [0.1, 0.15) is 18.1 Å². The third kappa shape index (κ3) is 4.97. The molecule has 0 radical (unpaired) electrons. The normalized spacial score (nSPS) is 13.8. The maximum atomic E-state index is 14.1. The first-order valence-electron chi connectivity index (χ1n) is 11.4. The average molecular weight is 532 g/mol. The topological polar surface area (TPSA) is 61.1 Å². The van der Waals surface area contributed by atoms with E-state index >= 15 is 0 Å². The summed E-state index contributed by atoms with van der Waals surface area (Å²) >= 11 is 6.27. The van der Waals surface area contributed by atoms with E-state index in [1.807, 2.05) is 17.0 Å². The van der Waals surface area contributed by atoms with Crippen molar-refractivity contribution in [3.63, 3.8) is 0 Å². The van der Waals surface area contributed by atoms with Crippen LogP contribution in [0.15, 0.2) is 69.9 Å². The van der Waals surface area contributed by atoms with E-state index in [0.717, 1.165) is 5.56 Å². The fourth-order valence-electron chi connectivity index (χ4n) is 4.16. The Balaban J connectivity index is 1.60. The molecule has 4 aromatic rings. The van der Waals surface area contributed by atoms with Crippen molar-refractivity contribution in [1.29, 1.82) is 0 Å². The zero-order chi connectivity index (χ0) is 26.2. The highest BCUT2D eigenvalue weighted by Crippen LogP contribution is 2.42. The Kier molecular flexibility index (Phi) is 6.74. The third-order valence-electron chi connectivity index (χ3n) is 5.83. The van der Waals surface area contributed by atoms with Gasteiger partial charge in [-0.25, -0.2) is 0 Å². The summed E-state index contributed by atoms with van der Waals surface area (Å²) in [4.78, 5) is 15.2.